The average Bonchev–Trinajstić information content (AvgIpc) is 3.07. The monoisotopic (exact) mass is 366 g/mol. The van der Waals surface area contributed by atoms with Crippen LogP contribution in [0.4, 0.5) is 24.5 Å². The number of carbonyl (C=O) groups excluding carboxylic acids is 1. The molecule has 0 saturated carbocycles. The molecule has 2 aromatic carbocycles. The molecule has 0 fully saturated rings. The molecule has 0 saturated heterocycles. The summed E-state index contributed by atoms with van der Waals surface area (Å²) < 4.78 is 49.7. The summed E-state index contributed by atoms with van der Waals surface area (Å²) in [7, 11) is 0. The summed E-state index contributed by atoms with van der Waals surface area (Å²) in [5.74, 6) is -5.11. The third-order valence-electron chi connectivity index (χ3n) is 3.43. The van der Waals surface area contributed by atoms with E-state index in [1.807, 2.05) is 5.32 Å². The fraction of sp³-hybridized carbons (Fsp3) is 0.0625. The van der Waals surface area contributed by atoms with Crippen LogP contribution < -0.4 is 14.8 Å². The molecular formula is C16H9F3N2O5. The first-order valence-corrected chi connectivity index (χ1v) is 7.07. The van der Waals surface area contributed by atoms with Crippen LogP contribution >= 0.6 is 0 Å². The Bertz CT molecular complexity index is 946. The Morgan fingerprint density at radius 1 is 1.15 bits per heavy atom. The van der Waals surface area contributed by atoms with Crippen LogP contribution in [-0.2, 0) is 4.79 Å². The highest BCUT2D eigenvalue weighted by molar-refractivity contribution is 6.02. The van der Waals surface area contributed by atoms with E-state index in [-0.39, 0.29) is 29.5 Å². The Hall–Kier alpha value is -3.56. The molecule has 0 radical (unpaired) electrons. The summed E-state index contributed by atoms with van der Waals surface area (Å²) in [5.41, 5.74) is -0.865. The number of carbonyl (C=O) groups is 1. The molecule has 26 heavy (non-hydrogen) atoms. The van der Waals surface area contributed by atoms with Gasteiger partial charge in [-0.05, 0) is 24.3 Å². The van der Waals surface area contributed by atoms with Gasteiger partial charge >= 0.3 is 0 Å². The van der Waals surface area contributed by atoms with Gasteiger partial charge in [0.1, 0.15) is 0 Å². The first-order chi connectivity index (χ1) is 12.4. The molecule has 1 amide bonds. The molecule has 1 aliphatic heterocycles. The topological polar surface area (TPSA) is 90.7 Å². The van der Waals surface area contributed by atoms with Crippen molar-refractivity contribution >= 4 is 23.4 Å². The number of nitrogens with zero attached hydrogens (tertiary/aromatic N) is 1. The lowest BCUT2D eigenvalue weighted by atomic mass is 10.1. The fourth-order valence-electron chi connectivity index (χ4n) is 2.20. The molecule has 10 heteroatoms. The number of hydrogen-bond donors (Lipinski definition) is 1. The van der Waals surface area contributed by atoms with Gasteiger partial charge in [-0.25, -0.2) is 13.2 Å². The number of halogens is 3. The second kappa shape index (κ2) is 6.75. The number of ether oxygens (including phenoxy) is 2. The van der Waals surface area contributed by atoms with Gasteiger partial charge in [0.25, 0.3) is 5.69 Å². The van der Waals surface area contributed by atoms with Crippen LogP contribution in [0.2, 0.25) is 0 Å². The van der Waals surface area contributed by atoms with Crippen molar-refractivity contribution in [2.24, 2.45) is 0 Å². The molecule has 1 aliphatic rings. The largest absolute Gasteiger partial charge is 0.454 e. The van der Waals surface area contributed by atoms with Gasteiger partial charge in [-0.2, -0.15) is 0 Å². The summed E-state index contributed by atoms with van der Waals surface area (Å²) in [4.78, 5) is 22.3. The van der Waals surface area contributed by atoms with Crippen LogP contribution in [0.5, 0.6) is 11.5 Å². The molecular weight excluding hydrogens is 357 g/mol. The standard InChI is InChI=1S/C16H9F3N2O5/c17-9-2-3-10(16(19)15(9)18)20-14(22)4-1-8-5-12-13(26-7-25-12)6-11(8)21(23)24/h1-6H,7H2,(H,20,22)/b4-1-. The van der Waals surface area contributed by atoms with Gasteiger partial charge in [-0.15, -0.1) is 0 Å². The lowest BCUT2D eigenvalue weighted by molar-refractivity contribution is -0.385. The van der Waals surface area contributed by atoms with Crippen LogP contribution in [0.1, 0.15) is 5.56 Å². The number of anilines is 1. The van der Waals surface area contributed by atoms with Crippen molar-refractivity contribution in [1.82, 2.24) is 0 Å². The molecule has 1 heterocycles. The van der Waals surface area contributed by atoms with Crippen LogP contribution in [0.25, 0.3) is 6.08 Å². The van der Waals surface area contributed by atoms with E-state index in [0.717, 1.165) is 24.3 Å². The van der Waals surface area contributed by atoms with E-state index in [0.29, 0.717) is 6.07 Å². The summed E-state index contributed by atoms with van der Waals surface area (Å²) >= 11 is 0. The third kappa shape index (κ3) is 3.29. The maximum absolute atomic E-state index is 13.5. The average molecular weight is 366 g/mol. The first kappa shape index (κ1) is 17.3. The van der Waals surface area contributed by atoms with E-state index >= 15 is 0 Å². The van der Waals surface area contributed by atoms with Gasteiger partial charge in [0, 0.05) is 6.08 Å². The van der Waals surface area contributed by atoms with E-state index in [2.05, 4.69) is 0 Å². The third-order valence-corrected chi connectivity index (χ3v) is 3.43. The molecule has 134 valence electrons. The molecule has 3 rings (SSSR count). The molecule has 0 spiro atoms. The summed E-state index contributed by atoms with van der Waals surface area (Å²) in [6, 6.07) is 3.96. The Morgan fingerprint density at radius 2 is 1.85 bits per heavy atom. The Labute approximate surface area is 143 Å². The Kier molecular flexibility index (Phi) is 4.48. The molecule has 0 bridgehead atoms. The maximum Gasteiger partial charge on any atom is 0.280 e. The number of nitrogens with one attached hydrogen (secondary N) is 1. The smallest absolute Gasteiger partial charge is 0.280 e. The lowest BCUT2D eigenvalue weighted by Gasteiger charge is -2.05. The fourth-order valence-corrected chi connectivity index (χ4v) is 2.20. The highest BCUT2D eigenvalue weighted by Crippen LogP contribution is 2.38. The number of nitro groups is 1. The number of rotatable bonds is 4. The zero-order valence-electron chi connectivity index (χ0n) is 12.8. The maximum atomic E-state index is 13.5. The Morgan fingerprint density at radius 3 is 2.54 bits per heavy atom. The second-order valence-corrected chi connectivity index (χ2v) is 5.07. The van der Waals surface area contributed by atoms with E-state index in [9.17, 15) is 28.1 Å². The van der Waals surface area contributed by atoms with Gasteiger partial charge in [-0.1, -0.05) is 0 Å². The predicted molar refractivity (Wildman–Crippen MR) is 83.2 cm³/mol. The van der Waals surface area contributed by atoms with Crippen LogP contribution in [0, 0.1) is 27.6 Å². The minimum absolute atomic E-state index is 0.0418. The van der Waals surface area contributed by atoms with Crippen molar-refractivity contribution in [1.29, 1.82) is 0 Å². The number of benzene rings is 2. The number of nitro benzene ring substituents is 1. The summed E-state index contributed by atoms with van der Waals surface area (Å²) in [5, 5.41) is 13.1. The SMILES string of the molecule is O=C(/C=C\c1cc2c(cc1[N+](=O)[O-])OCO2)Nc1ccc(F)c(F)c1F. The zero-order valence-corrected chi connectivity index (χ0v) is 12.8. The number of fused-ring (bicyclic) bond motifs is 1. The Balaban J connectivity index is 1.83. The zero-order chi connectivity index (χ0) is 18.8. The van der Waals surface area contributed by atoms with Crippen molar-refractivity contribution in [3.05, 3.63) is 63.5 Å². The van der Waals surface area contributed by atoms with Gasteiger partial charge in [0.2, 0.25) is 12.7 Å². The quantitative estimate of drug-likeness (QED) is 0.388. The van der Waals surface area contributed by atoms with E-state index in [4.69, 9.17) is 9.47 Å². The van der Waals surface area contributed by atoms with E-state index in [1.165, 1.54) is 6.07 Å². The minimum Gasteiger partial charge on any atom is -0.454 e. The first-order valence-electron chi connectivity index (χ1n) is 7.07. The van der Waals surface area contributed by atoms with Crippen molar-refractivity contribution in [3.8, 4) is 11.5 Å². The van der Waals surface area contributed by atoms with Crippen LogP contribution in [0.3, 0.4) is 0 Å². The number of hydrogen-bond acceptors (Lipinski definition) is 5. The molecule has 1 N–H and O–H groups in total. The minimum atomic E-state index is -1.72. The number of amides is 1. The van der Waals surface area contributed by atoms with Gasteiger partial charge < -0.3 is 14.8 Å². The van der Waals surface area contributed by atoms with Crippen LogP contribution in [-0.4, -0.2) is 17.6 Å². The van der Waals surface area contributed by atoms with E-state index in [1.54, 1.807) is 0 Å². The second-order valence-electron chi connectivity index (χ2n) is 5.07. The summed E-state index contributed by atoms with van der Waals surface area (Å²) in [6.45, 7) is -0.0877. The van der Waals surface area contributed by atoms with E-state index < -0.39 is 34.0 Å². The van der Waals surface area contributed by atoms with Crippen LogP contribution in [0.15, 0.2) is 30.3 Å². The van der Waals surface area contributed by atoms with Crippen molar-refractivity contribution in [2.45, 2.75) is 0 Å². The highest BCUT2D eigenvalue weighted by atomic mass is 19.2. The normalized spacial score (nSPS) is 12.4. The molecule has 0 unspecified atom stereocenters. The van der Waals surface area contributed by atoms with Crippen molar-refractivity contribution in [2.75, 3.05) is 12.1 Å². The molecule has 0 aliphatic carbocycles. The lowest BCUT2D eigenvalue weighted by Crippen LogP contribution is -2.10. The molecule has 2 aromatic rings. The van der Waals surface area contributed by atoms with Crippen molar-refractivity contribution in [3.63, 3.8) is 0 Å². The van der Waals surface area contributed by atoms with Gasteiger partial charge in [-0.3, -0.25) is 14.9 Å². The molecule has 0 atom stereocenters. The summed E-state index contributed by atoms with van der Waals surface area (Å²) in [6.07, 6.45) is 1.98. The van der Waals surface area contributed by atoms with Gasteiger partial charge in [0.05, 0.1) is 22.2 Å². The molecule has 0 aromatic heterocycles. The molecule has 7 nitrogen and oxygen atoms in total. The van der Waals surface area contributed by atoms with Gasteiger partial charge in [0.15, 0.2) is 29.0 Å². The highest BCUT2D eigenvalue weighted by Gasteiger charge is 2.22. The van der Waals surface area contributed by atoms with Crippen molar-refractivity contribution < 1.29 is 32.4 Å². The predicted octanol–water partition coefficient (Wildman–Crippen LogP) is 3.39.